The van der Waals surface area contributed by atoms with Gasteiger partial charge in [0.25, 0.3) is 0 Å². The van der Waals surface area contributed by atoms with E-state index in [9.17, 15) is 4.79 Å². The van der Waals surface area contributed by atoms with Gasteiger partial charge in [0, 0.05) is 18.3 Å². The molecule has 20 heavy (non-hydrogen) atoms. The number of nitrogens with two attached hydrogens (primary N) is 1. The lowest BCUT2D eigenvalue weighted by Gasteiger charge is -2.27. The molecule has 1 atom stereocenters. The minimum absolute atomic E-state index is 0.409. The van der Waals surface area contributed by atoms with Crippen LogP contribution in [0.1, 0.15) is 36.8 Å². The third-order valence-corrected chi connectivity index (χ3v) is 4.61. The fraction of sp³-hybridized carbons (Fsp3) is 0.562. The van der Waals surface area contributed by atoms with Gasteiger partial charge in [-0.25, -0.2) is 0 Å². The quantitative estimate of drug-likeness (QED) is 0.880. The predicted molar refractivity (Wildman–Crippen MR) is 79.1 cm³/mol. The van der Waals surface area contributed by atoms with Crippen molar-refractivity contribution >= 4 is 11.7 Å². The lowest BCUT2D eigenvalue weighted by Crippen LogP contribution is -2.32. The van der Waals surface area contributed by atoms with E-state index in [0.717, 1.165) is 18.5 Å². The fourth-order valence-electron chi connectivity index (χ4n) is 3.54. The van der Waals surface area contributed by atoms with E-state index in [0.29, 0.717) is 12.5 Å². The number of nitrogens with zero attached hydrogens (tertiary/aromatic N) is 1. The molecule has 4 heteroatoms. The molecule has 3 N–H and O–H groups in total. The summed E-state index contributed by atoms with van der Waals surface area (Å²) >= 11 is 0. The largest absolute Gasteiger partial charge is 0.480 e. The van der Waals surface area contributed by atoms with Gasteiger partial charge in [0.05, 0.1) is 0 Å². The van der Waals surface area contributed by atoms with E-state index in [2.05, 4.69) is 17.0 Å². The van der Waals surface area contributed by atoms with Gasteiger partial charge in [0.2, 0.25) is 0 Å². The third-order valence-electron chi connectivity index (χ3n) is 4.61. The minimum Gasteiger partial charge on any atom is -0.480 e. The first-order valence-electron chi connectivity index (χ1n) is 7.52. The Morgan fingerprint density at radius 1 is 1.40 bits per heavy atom. The number of aliphatic carboxylic acids is 1. The molecule has 0 radical (unpaired) electrons. The Labute approximate surface area is 119 Å². The van der Waals surface area contributed by atoms with E-state index < -0.39 is 12.0 Å². The number of benzene rings is 1. The summed E-state index contributed by atoms with van der Waals surface area (Å²) in [6.07, 6.45) is 6.80. The first-order valence-corrected chi connectivity index (χ1v) is 7.52. The Bertz CT molecular complexity index is 509. The van der Waals surface area contributed by atoms with Gasteiger partial charge in [-0.15, -0.1) is 0 Å². The highest BCUT2D eigenvalue weighted by atomic mass is 16.4. The van der Waals surface area contributed by atoms with Crippen molar-refractivity contribution in [3.63, 3.8) is 0 Å². The summed E-state index contributed by atoms with van der Waals surface area (Å²) in [7, 11) is 0. The van der Waals surface area contributed by atoms with Crippen LogP contribution in [0.25, 0.3) is 0 Å². The highest BCUT2D eigenvalue weighted by molar-refractivity contribution is 5.73. The van der Waals surface area contributed by atoms with Crippen LogP contribution in [-0.2, 0) is 17.6 Å². The fourth-order valence-corrected chi connectivity index (χ4v) is 3.54. The second-order valence-corrected chi connectivity index (χ2v) is 5.99. The second-order valence-electron chi connectivity index (χ2n) is 5.99. The topological polar surface area (TPSA) is 66.6 Å². The standard InChI is InChI=1S/C16H22N2O2/c17-14(16(19)20)10-11-5-6-15-12(9-11)7-8-18(15)13-3-1-2-4-13/h5-6,9,13-14H,1-4,7-8,10,17H2,(H,19,20). The zero-order chi connectivity index (χ0) is 14.1. The van der Waals surface area contributed by atoms with Gasteiger partial charge >= 0.3 is 5.97 Å². The molecular formula is C16H22N2O2. The lowest BCUT2D eigenvalue weighted by molar-refractivity contribution is -0.138. The van der Waals surface area contributed by atoms with E-state index in [1.807, 2.05) is 6.07 Å². The van der Waals surface area contributed by atoms with Crippen molar-refractivity contribution in [3.8, 4) is 0 Å². The van der Waals surface area contributed by atoms with Crippen molar-refractivity contribution in [1.29, 1.82) is 0 Å². The van der Waals surface area contributed by atoms with Gasteiger partial charge in [-0.3, -0.25) is 4.79 Å². The summed E-state index contributed by atoms with van der Waals surface area (Å²) in [6, 6.07) is 6.25. The van der Waals surface area contributed by atoms with Gasteiger partial charge < -0.3 is 15.7 Å². The van der Waals surface area contributed by atoms with E-state index >= 15 is 0 Å². The smallest absolute Gasteiger partial charge is 0.320 e. The monoisotopic (exact) mass is 274 g/mol. The summed E-state index contributed by atoms with van der Waals surface area (Å²) < 4.78 is 0. The molecule has 1 saturated carbocycles. The molecule has 0 bridgehead atoms. The number of carboxylic acids is 1. The van der Waals surface area contributed by atoms with E-state index in [-0.39, 0.29) is 0 Å². The summed E-state index contributed by atoms with van der Waals surface area (Å²) in [5.74, 6) is -0.932. The molecule has 1 aliphatic carbocycles. The van der Waals surface area contributed by atoms with Crippen molar-refractivity contribution in [2.75, 3.05) is 11.4 Å². The van der Waals surface area contributed by atoms with Crippen LogP contribution in [0.15, 0.2) is 18.2 Å². The Hall–Kier alpha value is -1.55. The molecule has 1 unspecified atom stereocenters. The molecule has 0 amide bonds. The number of hydrogen-bond donors (Lipinski definition) is 2. The number of fused-ring (bicyclic) bond motifs is 1. The van der Waals surface area contributed by atoms with Crippen molar-refractivity contribution in [2.45, 2.75) is 50.6 Å². The van der Waals surface area contributed by atoms with E-state index in [1.54, 1.807) is 0 Å². The maximum absolute atomic E-state index is 10.8. The molecule has 2 aliphatic rings. The van der Waals surface area contributed by atoms with E-state index in [1.165, 1.54) is 36.9 Å². The highest BCUT2D eigenvalue weighted by Gasteiger charge is 2.28. The van der Waals surface area contributed by atoms with Crippen LogP contribution in [-0.4, -0.2) is 29.7 Å². The summed E-state index contributed by atoms with van der Waals surface area (Å²) in [5, 5.41) is 8.89. The van der Waals surface area contributed by atoms with Crippen LogP contribution in [0.3, 0.4) is 0 Å². The third kappa shape index (κ3) is 2.52. The van der Waals surface area contributed by atoms with Gasteiger partial charge in [-0.1, -0.05) is 25.0 Å². The van der Waals surface area contributed by atoms with Crippen molar-refractivity contribution < 1.29 is 9.90 Å². The van der Waals surface area contributed by atoms with Crippen LogP contribution in [0, 0.1) is 0 Å². The van der Waals surface area contributed by atoms with Crippen LogP contribution in [0.4, 0.5) is 5.69 Å². The highest BCUT2D eigenvalue weighted by Crippen LogP contribution is 2.35. The molecule has 1 fully saturated rings. The summed E-state index contributed by atoms with van der Waals surface area (Å²) in [6.45, 7) is 1.11. The predicted octanol–water partition coefficient (Wildman–Crippen LogP) is 1.95. The SMILES string of the molecule is NC(Cc1ccc2c(c1)CCN2C1CCCC1)C(=O)O. The van der Waals surface area contributed by atoms with Gasteiger partial charge in [-0.2, -0.15) is 0 Å². The Balaban J connectivity index is 1.75. The minimum atomic E-state index is -0.932. The second kappa shape index (κ2) is 5.44. The van der Waals surface area contributed by atoms with Gasteiger partial charge in [-0.05, 0) is 42.9 Å². The molecule has 1 aromatic rings. The average Bonchev–Trinajstić information content (AvgIpc) is 3.06. The van der Waals surface area contributed by atoms with Crippen LogP contribution in [0.5, 0.6) is 0 Å². The van der Waals surface area contributed by atoms with E-state index in [4.69, 9.17) is 10.8 Å². The number of rotatable bonds is 4. The molecule has 0 spiro atoms. The maximum Gasteiger partial charge on any atom is 0.320 e. The summed E-state index contributed by atoms with van der Waals surface area (Å²) in [4.78, 5) is 13.4. The zero-order valence-corrected chi connectivity index (χ0v) is 11.7. The molecule has 3 rings (SSSR count). The number of carboxylic acid groups (broad SMARTS) is 1. The Morgan fingerprint density at radius 2 is 2.15 bits per heavy atom. The average molecular weight is 274 g/mol. The zero-order valence-electron chi connectivity index (χ0n) is 11.7. The Kier molecular flexibility index (Phi) is 3.66. The van der Waals surface area contributed by atoms with Crippen molar-refractivity contribution in [2.24, 2.45) is 5.73 Å². The molecule has 4 nitrogen and oxygen atoms in total. The molecule has 1 aromatic carbocycles. The van der Waals surface area contributed by atoms with Crippen LogP contribution in [0.2, 0.25) is 0 Å². The number of anilines is 1. The molecule has 0 saturated heterocycles. The Morgan fingerprint density at radius 3 is 2.85 bits per heavy atom. The number of carbonyl (C=O) groups is 1. The van der Waals surface area contributed by atoms with Gasteiger partial charge in [0.15, 0.2) is 0 Å². The molecule has 108 valence electrons. The first-order chi connectivity index (χ1) is 9.65. The summed E-state index contributed by atoms with van der Waals surface area (Å²) in [5.41, 5.74) is 9.35. The maximum atomic E-state index is 10.8. The molecule has 1 aliphatic heterocycles. The van der Waals surface area contributed by atoms with Crippen molar-refractivity contribution in [1.82, 2.24) is 0 Å². The molecule has 1 heterocycles. The lowest BCUT2D eigenvalue weighted by atomic mass is 10.0. The first kappa shape index (κ1) is 13.4. The van der Waals surface area contributed by atoms with Gasteiger partial charge in [0.1, 0.15) is 6.04 Å². The van der Waals surface area contributed by atoms with Crippen LogP contribution < -0.4 is 10.6 Å². The molecular weight excluding hydrogens is 252 g/mol. The number of hydrogen-bond acceptors (Lipinski definition) is 3. The molecule has 0 aromatic heterocycles. The normalized spacial score (nSPS) is 20.1. The van der Waals surface area contributed by atoms with Crippen LogP contribution >= 0.6 is 0 Å². The van der Waals surface area contributed by atoms with Crippen molar-refractivity contribution in [3.05, 3.63) is 29.3 Å².